The lowest BCUT2D eigenvalue weighted by Crippen LogP contribution is -2.55. The molecule has 3 rings (SSSR count). The van der Waals surface area contributed by atoms with Crippen LogP contribution in [0.3, 0.4) is 0 Å². The van der Waals surface area contributed by atoms with E-state index in [0.29, 0.717) is 50.5 Å². The van der Waals surface area contributed by atoms with Crippen molar-refractivity contribution < 1.29 is 19.4 Å². The summed E-state index contributed by atoms with van der Waals surface area (Å²) in [5.74, 6) is 0.140. The quantitative estimate of drug-likeness (QED) is 0.690. The zero-order chi connectivity index (χ0) is 23.5. The van der Waals surface area contributed by atoms with Gasteiger partial charge in [0.1, 0.15) is 11.8 Å². The SMILES string of the molecule is CCc1cc(N)ccc1C(=O)N1CCN(C(O)C2CCN(C(=O)OC(C)(C)C)CC2)CC1. The number of nitrogen functional groups attached to an aromatic ring is 1. The number of aliphatic hydroxyl groups excluding tert-OH is 1. The van der Waals surface area contributed by atoms with E-state index in [2.05, 4.69) is 4.90 Å². The molecular weight excluding hydrogens is 408 g/mol. The molecule has 2 saturated heterocycles. The number of benzene rings is 1. The molecule has 2 amide bonds. The Labute approximate surface area is 191 Å². The summed E-state index contributed by atoms with van der Waals surface area (Å²) in [4.78, 5) is 30.9. The number of hydrogen-bond donors (Lipinski definition) is 2. The van der Waals surface area contributed by atoms with Crippen molar-refractivity contribution >= 4 is 17.7 Å². The number of likely N-dealkylation sites (tertiary alicyclic amines) is 1. The van der Waals surface area contributed by atoms with E-state index in [9.17, 15) is 14.7 Å². The molecule has 2 aliphatic rings. The summed E-state index contributed by atoms with van der Waals surface area (Å²) in [6.45, 7) is 11.2. The fourth-order valence-corrected chi connectivity index (χ4v) is 4.48. The molecule has 2 fully saturated rings. The van der Waals surface area contributed by atoms with Gasteiger partial charge < -0.3 is 25.4 Å². The van der Waals surface area contributed by atoms with Gasteiger partial charge in [0.05, 0.1) is 0 Å². The summed E-state index contributed by atoms with van der Waals surface area (Å²) < 4.78 is 5.45. The van der Waals surface area contributed by atoms with Crippen LogP contribution in [0.4, 0.5) is 10.5 Å². The molecular formula is C24H38N4O4. The van der Waals surface area contributed by atoms with Crippen LogP contribution in [-0.4, -0.2) is 82.9 Å². The number of carbonyl (C=O) groups excluding carboxylic acids is 2. The molecule has 1 aromatic carbocycles. The molecule has 0 radical (unpaired) electrons. The van der Waals surface area contributed by atoms with E-state index >= 15 is 0 Å². The number of amides is 2. The smallest absolute Gasteiger partial charge is 0.410 e. The van der Waals surface area contributed by atoms with Crippen LogP contribution in [-0.2, 0) is 11.2 Å². The molecule has 1 unspecified atom stereocenters. The molecule has 1 atom stereocenters. The van der Waals surface area contributed by atoms with Gasteiger partial charge in [0, 0.05) is 56.4 Å². The molecule has 2 heterocycles. The van der Waals surface area contributed by atoms with Crippen LogP contribution < -0.4 is 5.73 Å². The molecule has 0 bridgehead atoms. The highest BCUT2D eigenvalue weighted by Crippen LogP contribution is 2.25. The molecule has 0 aromatic heterocycles. The predicted molar refractivity (Wildman–Crippen MR) is 124 cm³/mol. The van der Waals surface area contributed by atoms with Gasteiger partial charge in [-0.2, -0.15) is 0 Å². The van der Waals surface area contributed by atoms with Crippen molar-refractivity contribution in [3.05, 3.63) is 29.3 Å². The Balaban J connectivity index is 1.49. The van der Waals surface area contributed by atoms with Crippen molar-refractivity contribution in [3.63, 3.8) is 0 Å². The number of piperazine rings is 1. The molecule has 178 valence electrons. The Bertz CT molecular complexity index is 807. The zero-order valence-corrected chi connectivity index (χ0v) is 19.8. The third-order valence-electron chi connectivity index (χ3n) is 6.33. The van der Waals surface area contributed by atoms with Gasteiger partial charge in [-0.25, -0.2) is 4.79 Å². The second-order valence-corrected chi connectivity index (χ2v) is 9.82. The number of aryl methyl sites for hydroxylation is 1. The second kappa shape index (κ2) is 10.1. The number of hydrogen-bond acceptors (Lipinski definition) is 6. The van der Waals surface area contributed by atoms with Crippen LogP contribution in [0.25, 0.3) is 0 Å². The van der Waals surface area contributed by atoms with Gasteiger partial charge in [0.25, 0.3) is 5.91 Å². The minimum atomic E-state index is -0.559. The number of rotatable bonds is 4. The number of ether oxygens (including phenoxy) is 1. The number of carbonyl (C=O) groups is 2. The minimum absolute atomic E-state index is 0.0293. The number of nitrogens with zero attached hydrogens (tertiary/aromatic N) is 3. The van der Waals surface area contributed by atoms with Gasteiger partial charge in [0.15, 0.2) is 0 Å². The lowest BCUT2D eigenvalue weighted by Gasteiger charge is -2.42. The van der Waals surface area contributed by atoms with Crippen molar-refractivity contribution in [1.29, 1.82) is 0 Å². The molecule has 1 aromatic rings. The van der Waals surface area contributed by atoms with Crippen LogP contribution in [0, 0.1) is 5.92 Å². The highest BCUT2D eigenvalue weighted by molar-refractivity contribution is 5.96. The maximum absolute atomic E-state index is 13.0. The summed E-state index contributed by atoms with van der Waals surface area (Å²) in [6.07, 6.45) is 1.39. The fraction of sp³-hybridized carbons (Fsp3) is 0.667. The van der Waals surface area contributed by atoms with Crippen LogP contribution in [0.2, 0.25) is 0 Å². The maximum Gasteiger partial charge on any atom is 0.410 e. The van der Waals surface area contributed by atoms with E-state index in [1.807, 2.05) is 44.7 Å². The van der Waals surface area contributed by atoms with Gasteiger partial charge in [0.2, 0.25) is 0 Å². The summed E-state index contributed by atoms with van der Waals surface area (Å²) in [6, 6.07) is 5.46. The van der Waals surface area contributed by atoms with E-state index in [4.69, 9.17) is 10.5 Å². The molecule has 32 heavy (non-hydrogen) atoms. The average Bonchev–Trinajstić information content (AvgIpc) is 2.77. The number of aliphatic hydroxyl groups is 1. The highest BCUT2D eigenvalue weighted by Gasteiger charge is 2.34. The molecule has 3 N–H and O–H groups in total. The molecule has 0 aliphatic carbocycles. The van der Waals surface area contributed by atoms with Crippen LogP contribution in [0.5, 0.6) is 0 Å². The first-order valence-corrected chi connectivity index (χ1v) is 11.7. The summed E-state index contributed by atoms with van der Waals surface area (Å²) in [5.41, 5.74) is 7.71. The standard InChI is InChI=1S/C24H38N4O4/c1-5-17-16-19(25)6-7-20(17)22(30)27-14-12-26(13-15-27)21(29)18-8-10-28(11-9-18)23(31)32-24(2,3)4/h6-7,16,18,21,29H,5,8-15,25H2,1-4H3. The first kappa shape index (κ1) is 24.3. The number of nitrogens with two attached hydrogens (primary N) is 1. The second-order valence-electron chi connectivity index (χ2n) is 9.82. The Morgan fingerprint density at radius 1 is 1.09 bits per heavy atom. The Morgan fingerprint density at radius 3 is 2.28 bits per heavy atom. The topological polar surface area (TPSA) is 99.3 Å². The van der Waals surface area contributed by atoms with E-state index in [1.54, 1.807) is 11.0 Å². The van der Waals surface area contributed by atoms with Gasteiger partial charge in [-0.1, -0.05) is 6.92 Å². The molecule has 0 saturated carbocycles. The minimum Gasteiger partial charge on any atom is -0.444 e. The monoisotopic (exact) mass is 446 g/mol. The lowest BCUT2D eigenvalue weighted by molar-refractivity contribution is -0.0730. The summed E-state index contributed by atoms with van der Waals surface area (Å²) >= 11 is 0. The van der Waals surface area contributed by atoms with Gasteiger partial charge in [-0.3, -0.25) is 9.69 Å². The van der Waals surface area contributed by atoms with Gasteiger partial charge in [-0.05, 0) is 63.8 Å². The maximum atomic E-state index is 13.0. The van der Waals surface area contributed by atoms with E-state index < -0.39 is 11.8 Å². The third-order valence-corrected chi connectivity index (χ3v) is 6.33. The van der Waals surface area contributed by atoms with E-state index in [-0.39, 0.29) is 17.9 Å². The number of anilines is 1. The Kier molecular flexibility index (Phi) is 7.67. The first-order valence-electron chi connectivity index (χ1n) is 11.7. The van der Waals surface area contributed by atoms with Gasteiger partial charge in [-0.15, -0.1) is 0 Å². The van der Waals surface area contributed by atoms with Crippen molar-refractivity contribution in [1.82, 2.24) is 14.7 Å². The average molecular weight is 447 g/mol. The van der Waals surface area contributed by atoms with E-state index in [0.717, 1.165) is 24.8 Å². The predicted octanol–water partition coefficient (Wildman–Crippen LogP) is 2.55. The first-order chi connectivity index (χ1) is 15.1. The fourth-order valence-electron chi connectivity index (χ4n) is 4.48. The van der Waals surface area contributed by atoms with Crippen LogP contribution in [0.15, 0.2) is 18.2 Å². The molecule has 8 heteroatoms. The van der Waals surface area contributed by atoms with Crippen molar-refractivity contribution in [2.45, 2.75) is 58.8 Å². The van der Waals surface area contributed by atoms with Crippen molar-refractivity contribution in [2.75, 3.05) is 45.0 Å². The Hall–Kier alpha value is -2.32. The van der Waals surface area contributed by atoms with Crippen molar-refractivity contribution in [2.24, 2.45) is 5.92 Å². The molecule has 8 nitrogen and oxygen atoms in total. The summed E-state index contributed by atoms with van der Waals surface area (Å²) in [7, 11) is 0. The van der Waals surface area contributed by atoms with E-state index in [1.165, 1.54) is 0 Å². The number of piperidine rings is 1. The normalized spacial score (nSPS) is 19.7. The highest BCUT2D eigenvalue weighted by atomic mass is 16.6. The summed E-state index contributed by atoms with van der Waals surface area (Å²) in [5, 5.41) is 10.9. The largest absolute Gasteiger partial charge is 0.444 e. The van der Waals surface area contributed by atoms with Gasteiger partial charge >= 0.3 is 6.09 Å². The zero-order valence-electron chi connectivity index (χ0n) is 19.8. The third kappa shape index (κ3) is 5.92. The lowest BCUT2D eigenvalue weighted by atomic mass is 9.94. The van der Waals surface area contributed by atoms with Crippen LogP contribution in [0.1, 0.15) is 56.5 Å². The van der Waals surface area contributed by atoms with Crippen LogP contribution >= 0.6 is 0 Å². The Morgan fingerprint density at radius 2 is 1.72 bits per heavy atom. The molecule has 0 spiro atoms. The molecule has 2 aliphatic heterocycles. The van der Waals surface area contributed by atoms with Crippen molar-refractivity contribution in [3.8, 4) is 0 Å².